The van der Waals surface area contributed by atoms with E-state index in [1.54, 1.807) is 0 Å². The lowest BCUT2D eigenvalue weighted by atomic mass is 9.76. The lowest BCUT2D eigenvalue weighted by molar-refractivity contribution is -0.0514. The number of rotatable bonds is 3. The van der Waals surface area contributed by atoms with Crippen molar-refractivity contribution < 1.29 is 8.78 Å². The quantitative estimate of drug-likeness (QED) is 0.870. The number of alkyl halides is 2. The average molecular weight is 267 g/mol. The highest BCUT2D eigenvalue weighted by molar-refractivity contribution is 5.29. The summed E-state index contributed by atoms with van der Waals surface area (Å²) in [5.74, 6) is -1.91. The van der Waals surface area contributed by atoms with Gasteiger partial charge in [-0.1, -0.05) is 38.1 Å². The first kappa shape index (κ1) is 14.4. The molecule has 19 heavy (non-hydrogen) atoms. The van der Waals surface area contributed by atoms with Crippen molar-refractivity contribution in [2.24, 2.45) is 11.7 Å². The normalized spacial score (nSPS) is 21.6. The largest absolute Gasteiger partial charge is 0.321 e. The molecule has 0 heterocycles. The summed E-state index contributed by atoms with van der Waals surface area (Å²) in [6.07, 6.45) is 1.57. The smallest absolute Gasteiger partial charge is 0.248 e. The van der Waals surface area contributed by atoms with E-state index in [0.717, 1.165) is 12.0 Å². The van der Waals surface area contributed by atoms with Gasteiger partial charge < -0.3 is 5.73 Å². The fraction of sp³-hybridized carbons (Fsp3) is 0.625. The van der Waals surface area contributed by atoms with Crippen LogP contribution in [0.25, 0.3) is 0 Å². The number of hydrogen-bond acceptors (Lipinski definition) is 1. The van der Waals surface area contributed by atoms with Crippen molar-refractivity contribution in [3.8, 4) is 0 Å². The summed E-state index contributed by atoms with van der Waals surface area (Å²) in [6.45, 7) is 4.36. The van der Waals surface area contributed by atoms with Crippen LogP contribution < -0.4 is 5.73 Å². The molecule has 1 aromatic carbocycles. The van der Waals surface area contributed by atoms with E-state index in [2.05, 4.69) is 26.0 Å². The molecule has 2 N–H and O–H groups in total. The zero-order chi connectivity index (χ0) is 14.1. The van der Waals surface area contributed by atoms with Gasteiger partial charge in [-0.25, -0.2) is 8.78 Å². The third-order valence-corrected chi connectivity index (χ3v) is 4.05. The van der Waals surface area contributed by atoms with E-state index in [4.69, 9.17) is 5.73 Å². The molecular formula is C16H23F2N. The van der Waals surface area contributed by atoms with Crippen LogP contribution in [0.3, 0.4) is 0 Å². The predicted octanol–water partition coefficient (Wildman–Crippen LogP) is 4.25. The predicted molar refractivity (Wildman–Crippen MR) is 74.3 cm³/mol. The van der Waals surface area contributed by atoms with Crippen LogP contribution in [-0.2, 0) is 12.0 Å². The van der Waals surface area contributed by atoms with Crippen LogP contribution in [0.4, 0.5) is 8.78 Å². The molecule has 3 heteroatoms. The monoisotopic (exact) mass is 267 g/mol. The van der Waals surface area contributed by atoms with Crippen molar-refractivity contribution in [3.05, 3.63) is 35.4 Å². The fourth-order valence-electron chi connectivity index (χ4n) is 2.79. The molecule has 0 radical (unpaired) electrons. The number of benzene rings is 1. The van der Waals surface area contributed by atoms with E-state index >= 15 is 0 Å². The Kier molecular flexibility index (Phi) is 3.95. The van der Waals surface area contributed by atoms with Crippen LogP contribution in [0.15, 0.2) is 24.3 Å². The molecule has 0 amide bonds. The minimum absolute atomic E-state index is 0.1000. The van der Waals surface area contributed by atoms with E-state index in [1.807, 2.05) is 12.1 Å². The molecule has 1 saturated carbocycles. The Morgan fingerprint density at radius 1 is 1.05 bits per heavy atom. The van der Waals surface area contributed by atoms with Crippen molar-refractivity contribution in [2.75, 3.05) is 0 Å². The SMILES string of the molecule is CC(C)Cc1ccc(C2(N)CCC(F)(F)CC2)cc1. The maximum Gasteiger partial charge on any atom is 0.248 e. The Bertz CT molecular complexity index is 413. The maximum absolute atomic E-state index is 13.2. The van der Waals surface area contributed by atoms with Gasteiger partial charge in [0.15, 0.2) is 0 Å². The molecule has 1 nitrogen and oxygen atoms in total. The van der Waals surface area contributed by atoms with Gasteiger partial charge in [0, 0.05) is 18.4 Å². The van der Waals surface area contributed by atoms with Gasteiger partial charge in [0.1, 0.15) is 0 Å². The first-order valence-electron chi connectivity index (χ1n) is 7.07. The minimum atomic E-state index is -2.53. The average Bonchev–Trinajstić information content (AvgIpc) is 2.34. The minimum Gasteiger partial charge on any atom is -0.321 e. The Morgan fingerprint density at radius 2 is 1.58 bits per heavy atom. The summed E-state index contributed by atoms with van der Waals surface area (Å²) >= 11 is 0. The summed E-state index contributed by atoms with van der Waals surface area (Å²) in [4.78, 5) is 0. The van der Waals surface area contributed by atoms with Crippen LogP contribution in [0.1, 0.15) is 50.7 Å². The molecule has 1 aliphatic rings. The van der Waals surface area contributed by atoms with Gasteiger partial charge in [0.25, 0.3) is 0 Å². The Morgan fingerprint density at radius 3 is 2.05 bits per heavy atom. The molecule has 0 bridgehead atoms. The summed E-state index contributed by atoms with van der Waals surface area (Å²) in [5, 5.41) is 0. The molecule has 0 aliphatic heterocycles. The zero-order valence-corrected chi connectivity index (χ0v) is 11.8. The van der Waals surface area contributed by atoms with Gasteiger partial charge >= 0.3 is 0 Å². The summed E-state index contributed by atoms with van der Waals surface area (Å²) < 4.78 is 26.4. The Balaban J connectivity index is 2.09. The third kappa shape index (κ3) is 3.53. The van der Waals surface area contributed by atoms with Gasteiger partial charge in [-0.3, -0.25) is 0 Å². The van der Waals surface area contributed by atoms with Crippen LogP contribution in [0.5, 0.6) is 0 Å². The van der Waals surface area contributed by atoms with E-state index in [-0.39, 0.29) is 12.8 Å². The molecule has 0 atom stereocenters. The molecule has 2 rings (SSSR count). The van der Waals surface area contributed by atoms with E-state index < -0.39 is 11.5 Å². The highest BCUT2D eigenvalue weighted by Gasteiger charge is 2.41. The van der Waals surface area contributed by atoms with Crippen molar-refractivity contribution in [3.63, 3.8) is 0 Å². The first-order valence-corrected chi connectivity index (χ1v) is 7.07. The number of hydrogen-bond donors (Lipinski definition) is 1. The molecule has 106 valence electrons. The topological polar surface area (TPSA) is 26.0 Å². The summed E-state index contributed by atoms with van der Waals surface area (Å²) in [5.41, 5.74) is 8.02. The Hall–Kier alpha value is -0.960. The van der Waals surface area contributed by atoms with Crippen molar-refractivity contribution in [2.45, 2.75) is 57.4 Å². The second-order valence-electron chi connectivity index (χ2n) is 6.31. The van der Waals surface area contributed by atoms with Crippen molar-refractivity contribution >= 4 is 0 Å². The maximum atomic E-state index is 13.2. The van der Waals surface area contributed by atoms with Gasteiger partial charge in [-0.05, 0) is 36.3 Å². The molecule has 0 spiro atoms. The first-order chi connectivity index (χ1) is 8.81. The van der Waals surface area contributed by atoms with E-state index in [0.29, 0.717) is 18.8 Å². The van der Waals surface area contributed by atoms with Gasteiger partial charge in [-0.15, -0.1) is 0 Å². The van der Waals surface area contributed by atoms with Crippen LogP contribution >= 0.6 is 0 Å². The lowest BCUT2D eigenvalue weighted by Gasteiger charge is -2.37. The van der Waals surface area contributed by atoms with Gasteiger partial charge in [-0.2, -0.15) is 0 Å². The van der Waals surface area contributed by atoms with Crippen LogP contribution in [-0.4, -0.2) is 5.92 Å². The van der Waals surface area contributed by atoms with Gasteiger partial charge in [0.05, 0.1) is 0 Å². The highest BCUT2D eigenvalue weighted by atomic mass is 19.3. The molecule has 0 unspecified atom stereocenters. The summed E-state index contributed by atoms with van der Waals surface area (Å²) in [6, 6.07) is 8.19. The van der Waals surface area contributed by atoms with E-state index in [9.17, 15) is 8.78 Å². The molecule has 1 fully saturated rings. The second-order valence-corrected chi connectivity index (χ2v) is 6.31. The lowest BCUT2D eigenvalue weighted by Crippen LogP contribution is -2.43. The van der Waals surface area contributed by atoms with E-state index in [1.165, 1.54) is 5.56 Å². The standard InChI is InChI=1S/C16H23F2N/c1-12(2)11-13-3-5-14(6-4-13)15(19)7-9-16(17,18)10-8-15/h3-6,12H,7-11,19H2,1-2H3. The molecular weight excluding hydrogens is 244 g/mol. The van der Waals surface area contributed by atoms with Crippen LogP contribution in [0, 0.1) is 5.92 Å². The van der Waals surface area contributed by atoms with Gasteiger partial charge in [0.2, 0.25) is 5.92 Å². The van der Waals surface area contributed by atoms with Crippen molar-refractivity contribution in [1.82, 2.24) is 0 Å². The molecule has 0 aromatic heterocycles. The fourth-order valence-corrected chi connectivity index (χ4v) is 2.79. The third-order valence-electron chi connectivity index (χ3n) is 4.05. The zero-order valence-electron chi connectivity index (χ0n) is 11.8. The number of nitrogens with two attached hydrogens (primary N) is 1. The molecule has 1 aromatic rings. The van der Waals surface area contributed by atoms with Crippen LogP contribution in [0.2, 0.25) is 0 Å². The number of halogens is 2. The molecule has 1 aliphatic carbocycles. The Labute approximate surface area is 114 Å². The molecule has 0 saturated heterocycles. The highest BCUT2D eigenvalue weighted by Crippen LogP contribution is 2.42. The summed E-state index contributed by atoms with van der Waals surface area (Å²) in [7, 11) is 0. The van der Waals surface area contributed by atoms with Crippen molar-refractivity contribution in [1.29, 1.82) is 0 Å². The second kappa shape index (κ2) is 5.20.